The first-order valence-electron chi connectivity index (χ1n) is 10.7. The Morgan fingerprint density at radius 3 is 1.42 bits per heavy atom. The van der Waals surface area contributed by atoms with Crippen molar-refractivity contribution in [2.24, 2.45) is 0 Å². The van der Waals surface area contributed by atoms with E-state index in [1.165, 1.54) is 0 Å². The van der Waals surface area contributed by atoms with E-state index in [1.54, 1.807) is 0 Å². The summed E-state index contributed by atoms with van der Waals surface area (Å²) in [6, 6.07) is 0.946. The van der Waals surface area contributed by atoms with Crippen molar-refractivity contribution in [3.63, 3.8) is 0 Å². The lowest BCUT2D eigenvalue weighted by molar-refractivity contribution is 0.0577. The number of hydrogen-bond acceptors (Lipinski definition) is 4. The third-order valence-corrected chi connectivity index (χ3v) is 17.7. The van der Waals surface area contributed by atoms with Gasteiger partial charge in [-0.25, -0.2) is 0 Å². The fraction of sp³-hybridized carbons (Fsp3) is 1.00. The van der Waals surface area contributed by atoms with Crippen molar-refractivity contribution in [3.05, 3.63) is 0 Å². The maximum atomic E-state index is 6.36. The summed E-state index contributed by atoms with van der Waals surface area (Å²) in [5, 5.41) is 0.400. The lowest BCUT2D eigenvalue weighted by Gasteiger charge is -2.37. The number of hydrogen-bond donors (Lipinski definition) is 0. The topological polar surface area (TPSA) is 27.7 Å². The molecule has 0 radical (unpaired) electrons. The average molecular weight is 423 g/mol. The molecule has 0 unspecified atom stereocenters. The van der Waals surface area contributed by atoms with Gasteiger partial charge < -0.3 is 13.3 Å². The van der Waals surface area contributed by atoms with E-state index < -0.39 is 16.0 Å². The van der Waals surface area contributed by atoms with E-state index >= 15 is 0 Å². The minimum atomic E-state index is -2.56. The smallest absolute Gasteiger partial charge is 0.373 e. The van der Waals surface area contributed by atoms with Crippen LogP contribution in [-0.4, -0.2) is 41.6 Å². The molecule has 0 atom stereocenters. The van der Waals surface area contributed by atoms with Crippen molar-refractivity contribution in [3.8, 4) is 0 Å². The summed E-state index contributed by atoms with van der Waals surface area (Å²) < 4.78 is 19.1. The van der Waals surface area contributed by atoms with Crippen molar-refractivity contribution < 1.29 is 13.3 Å². The zero-order chi connectivity index (χ0) is 20.1. The molecule has 0 heterocycles. The molecule has 0 fully saturated rings. The van der Waals surface area contributed by atoms with Crippen molar-refractivity contribution in [2.45, 2.75) is 104 Å². The van der Waals surface area contributed by atoms with E-state index in [-0.39, 0.29) is 0 Å². The van der Waals surface area contributed by atoms with Gasteiger partial charge in [0.15, 0.2) is 0 Å². The first-order chi connectivity index (χ1) is 12.1. The van der Waals surface area contributed by atoms with Gasteiger partial charge in [0.1, 0.15) is 7.22 Å². The van der Waals surface area contributed by atoms with Crippen LogP contribution in [0.3, 0.4) is 0 Å². The van der Waals surface area contributed by atoms with Crippen LogP contribution < -0.4 is 0 Å². The maximum Gasteiger partial charge on any atom is 0.501 e. The standard InChI is InChI=1S/C20H46O3SSi2/c1-9-12-15-21-26(22-16-13-10-2,23-17-14-11-3)19-18-24-25(7,8)20(4,5)6/h9-19H2,1-8H3. The van der Waals surface area contributed by atoms with Gasteiger partial charge in [-0.1, -0.05) is 73.9 Å². The third-order valence-electron chi connectivity index (χ3n) is 5.14. The quantitative estimate of drug-likeness (QED) is 0.195. The van der Waals surface area contributed by atoms with Crippen molar-refractivity contribution in [1.82, 2.24) is 0 Å². The molecule has 0 amide bonds. The Morgan fingerprint density at radius 1 is 0.731 bits per heavy atom. The summed E-state index contributed by atoms with van der Waals surface area (Å²) >= 11 is 2.16. The van der Waals surface area contributed by atoms with Crippen molar-refractivity contribution >= 4 is 27.2 Å². The molecule has 0 aromatic carbocycles. The van der Waals surface area contributed by atoms with E-state index in [1.807, 2.05) is 0 Å². The summed E-state index contributed by atoms with van der Waals surface area (Å²) in [5.41, 5.74) is 0. The normalized spacial score (nSPS) is 13.4. The summed E-state index contributed by atoms with van der Waals surface area (Å²) in [6.07, 6.45) is 6.68. The lowest BCUT2D eigenvalue weighted by atomic mass is 10.2. The fourth-order valence-corrected chi connectivity index (χ4v) is 10.3. The van der Waals surface area contributed by atoms with E-state index in [9.17, 15) is 0 Å². The van der Waals surface area contributed by atoms with Gasteiger partial charge in [0.25, 0.3) is 0 Å². The molecule has 158 valence electrons. The van der Waals surface area contributed by atoms with Gasteiger partial charge in [-0.15, -0.1) is 0 Å². The van der Waals surface area contributed by atoms with Crippen LogP contribution in [0.2, 0.25) is 24.2 Å². The predicted octanol–water partition coefficient (Wildman–Crippen LogP) is 7.11. The molecule has 0 aliphatic carbocycles. The first-order valence-corrected chi connectivity index (χ1v) is 17.3. The molecular weight excluding hydrogens is 376 g/mol. The van der Waals surface area contributed by atoms with Crippen LogP contribution in [0.1, 0.15) is 80.1 Å². The molecule has 0 rings (SSSR count). The summed E-state index contributed by atoms with van der Waals surface area (Å²) in [6.45, 7) is 21.0. The minimum Gasteiger partial charge on any atom is -0.373 e. The summed E-state index contributed by atoms with van der Waals surface area (Å²) in [7, 11) is -3.91. The van der Waals surface area contributed by atoms with Crippen molar-refractivity contribution in [1.29, 1.82) is 0 Å². The molecule has 0 spiro atoms. The highest BCUT2D eigenvalue weighted by atomic mass is 32.4. The van der Waals surface area contributed by atoms with Crippen LogP contribution >= 0.6 is 11.2 Å². The molecule has 6 heteroatoms. The Kier molecular flexibility index (Phi) is 14.1. The second-order valence-corrected chi connectivity index (χ2v) is 20.5. The molecule has 0 aromatic heterocycles. The van der Waals surface area contributed by atoms with Crippen LogP contribution in [0.5, 0.6) is 0 Å². The lowest BCUT2D eigenvalue weighted by Crippen LogP contribution is -2.47. The molecule has 0 N–H and O–H groups in total. The van der Waals surface area contributed by atoms with E-state index in [0.29, 0.717) is 5.04 Å². The zero-order valence-corrected chi connectivity index (χ0v) is 21.7. The zero-order valence-electron chi connectivity index (χ0n) is 18.9. The minimum absolute atomic E-state index is 0.400. The number of unbranched alkanes of at least 4 members (excludes halogenated alkanes) is 3. The van der Waals surface area contributed by atoms with E-state index in [2.05, 4.69) is 65.8 Å². The Labute approximate surface area is 170 Å². The molecule has 3 nitrogen and oxygen atoms in total. The van der Waals surface area contributed by atoms with Gasteiger partial charge in [0, 0.05) is 25.9 Å². The second-order valence-electron chi connectivity index (χ2n) is 8.65. The molecule has 0 aromatic rings. The Hall–Kier alpha value is 0.664. The molecule has 0 saturated heterocycles. The molecular formula is C20H46O3SSi2. The van der Waals surface area contributed by atoms with E-state index in [4.69, 9.17) is 13.3 Å². The molecule has 0 bridgehead atoms. The highest BCUT2D eigenvalue weighted by molar-refractivity contribution is 8.29. The Balaban J connectivity index is 4.96. The van der Waals surface area contributed by atoms with E-state index in [0.717, 1.165) is 70.1 Å². The second kappa shape index (κ2) is 13.8. The first kappa shape index (κ1) is 26.7. The molecule has 0 aliphatic rings. The summed E-state index contributed by atoms with van der Waals surface area (Å²) in [4.78, 5) is 0. The van der Waals surface area contributed by atoms with Crippen LogP contribution in [-0.2, 0) is 13.3 Å². The molecule has 26 heavy (non-hydrogen) atoms. The maximum absolute atomic E-state index is 6.36. The third kappa shape index (κ3) is 10.9. The molecule has 0 saturated carbocycles. The van der Waals surface area contributed by atoms with Gasteiger partial charge in [0.05, 0.1) is 0 Å². The largest absolute Gasteiger partial charge is 0.501 e. The average Bonchev–Trinajstić information content (AvgIpc) is 2.54. The van der Waals surface area contributed by atoms with Crippen LogP contribution in [0.4, 0.5) is 0 Å². The van der Waals surface area contributed by atoms with Crippen molar-refractivity contribution in [2.75, 3.05) is 25.6 Å². The van der Waals surface area contributed by atoms with Gasteiger partial charge in [-0.3, -0.25) is 0 Å². The summed E-state index contributed by atoms with van der Waals surface area (Å²) in [5.74, 6) is 1.09. The van der Waals surface area contributed by atoms with Gasteiger partial charge >= 0.3 is 8.80 Å². The van der Waals surface area contributed by atoms with Crippen LogP contribution in [0, 0.1) is 0 Å². The monoisotopic (exact) mass is 422 g/mol. The van der Waals surface area contributed by atoms with Gasteiger partial charge in [-0.2, -0.15) is 11.2 Å². The van der Waals surface area contributed by atoms with Crippen LogP contribution in [0.15, 0.2) is 0 Å². The van der Waals surface area contributed by atoms with Gasteiger partial charge in [0.2, 0.25) is 0 Å². The molecule has 0 aliphatic heterocycles. The number of rotatable bonds is 16. The van der Waals surface area contributed by atoms with Gasteiger partial charge in [-0.05, 0) is 30.1 Å². The highest BCUT2D eigenvalue weighted by Gasteiger charge is 2.42. The van der Waals surface area contributed by atoms with Crippen LogP contribution in [0.25, 0.3) is 0 Å². The SMILES string of the molecule is CCCCO[Si](CCS[Si](C)(C)C(C)(C)C)(OCCCC)OCCCC. The highest BCUT2D eigenvalue weighted by Crippen LogP contribution is 2.44. The fourth-order valence-electron chi connectivity index (χ4n) is 2.11. The Morgan fingerprint density at radius 2 is 1.12 bits per heavy atom. The predicted molar refractivity (Wildman–Crippen MR) is 123 cm³/mol. The Bertz CT molecular complexity index is 320.